The van der Waals surface area contributed by atoms with E-state index in [4.69, 9.17) is 16.3 Å². The molecular weight excluding hydrogens is 400 g/mol. The summed E-state index contributed by atoms with van der Waals surface area (Å²) in [6.45, 7) is 5.83. The predicted octanol–water partition coefficient (Wildman–Crippen LogP) is 5.09. The molecule has 0 saturated heterocycles. The SMILES string of the molecule is CCn1c(-c2ccc3[nH]cnc3c2)nnc1C(C)(C)Oc1c(F)cc(Cl)cc1F. The van der Waals surface area contributed by atoms with Gasteiger partial charge in [0.25, 0.3) is 0 Å². The van der Waals surface area contributed by atoms with Crippen molar-refractivity contribution in [2.24, 2.45) is 0 Å². The first-order chi connectivity index (χ1) is 13.8. The number of hydrogen-bond donors (Lipinski definition) is 1. The normalized spacial score (nSPS) is 11.9. The number of halogens is 3. The summed E-state index contributed by atoms with van der Waals surface area (Å²) in [6.07, 6.45) is 1.62. The van der Waals surface area contributed by atoms with E-state index < -0.39 is 23.0 Å². The molecule has 2 heterocycles. The minimum absolute atomic E-state index is 0.0436. The van der Waals surface area contributed by atoms with E-state index in [1.165, 1.54) is 0 Å². The Bertz CT molecular complexity index is 1180. The second-order valence-electron chi connectivity index (χ2n) is 7.04. The minimum atomic E-state index is -1.16. The monoisotopic (exact) mass is 417 g/mol. The van der Waals surface area contributed by atoms with Crippen molar-refractivity contribution >= 4 is 22.6 Å². The zero-order valence-corrected chi connectivity index (χ0v) is 16.8. The molecule has 0 bridgehead atoms. The highest BCUT2D eigenvalue weighted by Gasteiger charge is 2.33. The summed E-state index contributed by atoms with van der Waals surface area (Å²) in [5.41, 5.74) is 1.38. The molecule has 9 heteroatoms. The van der Waals surface area contributed by atoms with Crippen LogP contribution in [0.25, 0.3) is 22.4 Å². The Morgan fingerprint density at radius 2 is 1.86 bits per heavy atom. The number of hydrogen-bond acceptors (Lipinski definition) is 4. The second-order valence-corrected chi connectivity index (χ2v) is 7.47. The van der Waals surface area contributed by atoms with Gasteiger partial charge in [-0.1, -0.05) is 11.6 Å². The molecule has 0 aliphatic carbocycles. The van der Waals surface area contributed by atoms with Crippen LogP contribution in [-0.2, 0) is 12.1 Å². The summed E-state index contributed by atoms with van der Waals surface area (Å²) >= 11 is 5.69. The zero-order valence-electron chi connectivity index (χ0n) is 16.0. The van der Waals surface area contributed by atoms with E-state index in [0.717, 1.165) is 28.7 Å². The quantitative estimate of drug-likeness (QED) is 0.491. The summed E-state index contributed by atoms with van der Waals surface area (Å²) in [4.78, 5) is 7.31. The lowest BCUT2D eigenvalue weighted by atomic mass is 10.1. The third kappa shape index (κ3) is 3.44. The van der Waals surface area contributed by atoms with Crippen molar-refractivity contribution in [3.63, 3.8) is 0 Å². The first kappa shape index (κ1) is 19.3. The van der Waals surface area contributed by atoms with E-state index in [1.807, 2.05) is 29.7 Å². The molecule has 0 spiro atoms. The van der Waals surface area contributed by atoms with Crippen molar-refractivity contribution in [2.75, 3.05) is 0 Å². The lowest BCUT2D eigenvalue weighted by molar-refractivity contribution is 0.0827. The van der Waals surface area contributed by atoms with Crippen LogP contribution in [0.5, 0.6) is 5.75 Å². The zero-order chi connectivity index (χ0) is 20.8. The van der Waals surface area contributed by atoms with E-state index in [1.54, 1.807) is 20.2 Å². The summed E-state index contributed by atoms with van der Waals surface area (Å²) < 4.78 is 36.0. The first-order valence-corrected chi connectivity index (χ1v) is 9.38. The van der Waals surface area contributed by atoms with E-state index >= 15 is 0 Å². The van der Waals surface area contributed by atoms with Gasteiger partial charge in [-0.05, 0) is 51.1 Å². The van der Waals surface area contributed by atoms with Crippen LogP contribution in [0.1, 0.15) is 26.6 Å². The summed E-state index contributed by atoms with van der Waals surface area (Å²) in [6, 6.07) is 7.73. The van der Waals surface area contributed by atoms with Crippen LogP contribution >= 0.6 is 11.6 Å². The Morgan fingerprint density at radius 1 is 1.14 bits per heavy atom. The standard InChI is InChI=1S/C20H18ClF2N5O/c1-4-28-18(11-5-6-15-16(7-11)25-10-24-15)26-27-19(28)20(2,3)29-17-13(22)8-12(21)9-14(17)23/h5-10H,4H2,1-3H3,(H,24,25). The fourth-order valence-corrected chi connectivity index (χ4v) is 3.45. The maximum absolute atomic E-state index is 14.2. The van der Waals surface area contributed by atoms with Crippen LogP contribution < -0.4 is 4.74 Å². The molecule has 0 aliphatic heterocycles. The van der Waals surface area contributed by atoms with Crippen molar-refractivity contribution in [1.82, 2.24) is 24.7 Å². The van der Waals surface area contributed by atoms with Crippen LogP contribution in [0, 0.1) is 11.6 Å². The van der Waals surface area contributed by atoms with Gasteiger partial charge in [0.15, 0.2) is 34.6 Å². The molecule has 0 amide bonds. The molecule has 0 aliphatic rings. The van der Waals surface area contributed by atoms with Gasteiger partial charge < -0.3 is 14.3 Å². The molecule has 29 heavy (non-hydrogen) atoms. The average Bonchev–Trinajstić information content (AvgIpc) is 3.30. The molecule has 150 valence electrons. The fraction of sp³-hybridized carbons (Fsp3) is 0.250. The molecule has 0 saturated carbocycles. The number of aromatic nitrogens is 5. The van der Waals surface area contributed by atoms with Crippen molar-refractivity contribution in [3.05, 3.63) is 59.1 Å². The lowest BCUT2D eigenvalue weighted by Gasteiger charge is -2.26. The molecule has 0 radical (unpaired) electrons. The Labute approximate surface area is 170 Å². The van der Waals surface area contributed by atoms with Crippen molar-refractivity contribution < 1.29 is 13.5 Å². The molecular formula is C20H18ClF2N5O. The molecule has 0 fully saturated rings. The topological polar surface area (TPSA) is 68.6 Å². The van der Waals surface area contributed by atoms with Gasteiger partial charge in [0, 0.05) is 17.1 Å². The van der Waals surface area contributed by atoms with Crippen molar-refractivity contribution in [2.45, 2.75) is 32.9 Å². The van der Waals surface area contributed by atoms with Crippen LogP contribution in [0.15, 0.2) is 36.7 Å². The van der Waals surface area contributed by atoms with E-state index in [-0.39, 0.29) is 5.02 Å². The fourth-order valence-electron chi connectivity index (χ4n) is 3.26. The number of nitrogens with zero attached hydrogens (tertiary/aromatic N) is 4. The number of benzene rings is 2. The Balaban J connectivity index is 1.75. The van der Waals surface area contributed by atoms with Gasteiger partial charge >= 0.3 is 0 Å². The largest absolute Gasteiger partial charge is 0.474 e. The van der Waals surface area contributed by atoms with Crippen LogP contribution in [-0.4, -0.2) is 24.7 Å². The van der Waals surface area contributed by atoms with E-state index in [2.05, 4.69) is 20.2 Å². The highest BCUT2D eigenvalue weighted by Crippen LogP contribution is 2.34. The molecule has 4 aromatic rings. The number of ether oxygens (including phenoxy) is 1. The highest BCUT2D eigenvalue weighted by molar-refractivity contribution is 6.30. The smallest absolute Gasteiger partial charge is 0.192 e. The number of fused-ring (bicyclic) bond motifs is 1. The van der Waals surface area contributed by atoms with E-state index in [0.29, 0.717) is 18.2 Å². The number of rotatable bonds is 5. The van der Waals surface area contributed by atoms with Crippen LogP contribution in [0.2, 0.25) is 5.02 Å². The first-order valence-electron chi connectivity index (χ1n) is 9.01. The van der Waals surface area contributed by atoms with Gasteiger partial charge in [0.05, 0.1) is 17.4 Å². The highest BCUT2D eigenvalue weighted by atomic mass is 35.5. The van der Waals surface area contributed by atoms with Gasteiger partial charge in [-0.15, -0.1) is 10.2 Å². The Morgan fingerprint density at radius 3 is 2.55 bits per heavy atom. The maximum atomic E-state index is 14.2. The molecule has 2 aromatic carbocycles. The van der Waals surface area contributed by atoms with Crippen LogP contribution in [0.4, 0.5) is 8.78 Å². The maximum Gasteiger partial charge on any atom is 0.192 e. The van der Waals surface area contributed by atoms with Gasteiger partial charge in [0.1, 0.15) is 0 Å². The predicted molar refractivity (Wildman–Crippen MR) is 106 cm³/mol. The number of H-pyrrole nitrogens is 1. The molecule has 0 unspecified atom stereocenters. The van der Waals surface area contributed by atoms with Gasteiger partial charge in [-0.2, -0.15) is 0 Å². The van der Waals surface area contributed by atoms with Gasteiger partial charge in [0.2, 0.25) is 0 Å². The molecule has 1 N–H and O–H groups in total. The summed E-state index contributed by atoms with van der Waals surface area (Å²) in [5.74, 6) is -1.22. The van der Waals surface area contributed by atoms with Gasteiger partial charge in [-0.25, -0.2) is 13.8 Å². The molecule has 6 nitrogen and oxygen atoms in total. The van der Waals surface area contributed by atoms with Crippen molar-refractivity contribution in [1.29, 1.82) is 0 Å². The number of nitrogens with one attached hydrogen (secondary N) is 1. The Hall–Kier alpha value is -3.00. The summed E-state index contributed by atoms with van der Waals surface area (Å²) in [5, 5.41) is 8.52. The molecule has 2 aromatic heterocycles. The second kappa shape index (κ2) is 7.11. The lowest BCUT2D eigenvalue weighted by Crippen LogP contribution is -2.30. The number of imidazole rings is 1. The summed E-state index contributed by atoms with van der Waals surface area (Å²) in [7, 11) is 0. The number of aromatic amines is 1. The third-order valence-electron chi connectivity index (χ3n) is 4.61. The Kier molecular flexibility index (Phi) is 4.74. The average molecular weight is 418 g/mol. The van der Waals surface area contributed by atoms with Gasteiger partial charge in [-0.3, -0.25) is 0 Å². The third-order valence-corrected chi connectivity index (χ3v) is 4.82. The molecule has 0 atom stereocenters. The van der Waals surface area contributed by atoms with Crippen LogP contribution in [0.3, 0.4) is 0 Å². The van der Waals surface area contributed by atoms with E-state index in [9.17, 15) is 8.78 Å². The van der Waals surface area contributed by atoms with Crippen molar-refractivity contribution in [3.8, 4) is 17.1 Å². The molecule has 4 rings (SSSR count). The minimum Gasteiger partial charge on any atom is -0.474 e.